The summed E-state index contributed by atoms with van der Waals surface area (Å²) in [6.45, 7) is -0.557. The van der Waals surface area contributed by atoms with Crippen molar-refractivity contribution in [2.75, 3.05) is 13.7 Å². The maximum absolute atomic E-state index is 13.6. The van der Waals surface area contributed by atoms with E-state index in [4.69, 9.17) is 16.3 Å². The van der Waals surface area contributed by atoms with Gasteiger partial charge in [-0.15, -0.1) is 0 Å². The van der Waals surface area contributed by atoms with Crippen LogP contribution in [0.3, 0.4) is 0 Å². The minimum Gasteiger partial charge on any atom is -0.452 e. The number of benzene rings is 2. The number of hydrogen-bond donors (Lipinski definition) is 0. The molecule has 0 saturated carbocycles. The van der Waals surface area contributed by atoms with Crippen LogP contribution in [0.2, 0.25) is 5.02 Å². The number of ether oxygens (including phenoxy) is 1. The van der Waals surface area contributed by atoms with Gasteiger partial charge >= 0.3 is 5.97 Å². The minimum absolute atomic E-state index is 0.0152. The number of likely N-dealkylation sites (N-methyl/N-ethyl adjacent to an activating group) is 1. The van der Waals surface area contributed by atoms with Crippen LogP contribution in [0, 0.1) is 15.9 Å². The number of nitro benzene ring substituents is 1. The van der Waals surface area contributed by atoms with Crippen molar-refractivity contribution in [3.63, 3.8) is 0 Å². The van der Waals surface area contributed by atoms with Gasteiger partial charge < -0.3 is 9.64 Å². The number of nitro groups is 1. The zero-order valence-electron chi connectivity index (χ0n) is 13.6. The highest BCUT2D eigenvalue weighted by molar-refractivity contribution is 6.33. The molecule has 0 radical (unpaired) electrons. The molecule has 0 aliphatic carbocycles. The molecule has 136 valence electrons. The Kier molecular flexibility index (Phi) is 6.24. The van der Waals surface area contributed by atoms with Gasteiger partial charge in [0.15, 0.2) is 6.61 Å². The lowest BCUT2D eigenvalue weighted by Crippen LogP contribution is -2.31. The van der Waals surface area contributed by atoms with Crippen LogP contribution in [0.15, 0.2) is 42.5 Å². The van der Waals surface area contributed by atoms with Gasteiger partial charge in [0.2, 0.25) is 0 Å². The summed E-state index contributed by atoms with van der Waals surface area (Å²) in [7, 11) is 1.45. The van der Waals surface area contributed by atoms with Crippen LogP contribution < -0.4 is 0 Å². The van der Waals surface area contributed by atoms with Crippen LogP contribution in [0.5, 0.6) is 0 Å². The Hall–Kier alpha value is -3.00. The average molecular weight is 381 g/mol. The molecule has 0 saturated heterocycles. The maximum Gasteiger partial charge on any atom is 0.340 e. The summed E-state index contributed by atoms with van der Waals surface area (Å²) < 4.78 is 18.5. The second kappa shape index (κ2) is 8.39. The molecule has 2 aromatic carbocycles. The predicted molar refractivity (Wildman–Crippen MR) is 91.3 cm³/mol. The van der Waals surface area contributed by atoms with Crippen molar-refractivity contribution in [1.82, 2.24) is 4.90 Å². The number of amides is 1. The Morgan fingerprint density at radius 1 is 1.27 bits per heavy atom. The topological polar surface area (TPSA) is 89.8 Å². The van der Waals surface area contributed by atoms with Crippen molar-refractivity contribution in [3.05, 3.63) is 74.5 Å². The fraction of sp³-hybridized carbons (Fsp3) is 0.176. The fourth-order valence-corrected chi connectivity index (χ4v) is 2.32. The molecule has 0 N–H and O–H groups in total. The van der Waals surface area contributed by atoms with Crippen molar-refractivity contribution < 1.29 is 23.6 Å². The first-order valence-corrected chi connectivity index (χ1v) is 7.76. The molecule has 7 nitrogen and oxygen atoms in total. The van der Waals surface area contributed by atoms with E-state index in [0.717, 1.165) is 18.2 Å². The largest absolute Gasteiger partial charge is 0.452 e. The highest BCUT2D eigenvalue weighted by atomic mass is 35.5. The Labute approximate surface area is 153 Å². The Balaban J connectivity index is 1.95. The summed E-state index contributed by atoms with van der Waals surface area (Å²) in [5, 5.41) is 10.5. The summed E-state index contributed by atoms with van der Waals surface area (Å²) in [6.07, 6.45) is 0. The number of hydrogen-bond acceptors (Lipinski definition) is 5. The Morgan fingerprint density at radius 3 is 2.58 bits per heavy atom. The Bertz CT molecular complexity index is 859. The first-order valence-electron chi connectivity index (χ1n) is 7.38. The van der Waals surface area contributed by atoms with Crippen LogP contribution in [0.25, 0.3) is 0 Å². The first kappa shape index (κ1) is 19.3. The van der Waals surface area contributed by atoms with Gasteiger partial charge in [-0.25, -0.2) is 9.18 Å². The molecule has 9 heteroatoms. The second-order valence-corrected chi connectivity index (χ2v) is 5.75. The van der Waals surface area contributed by atoms with E-state index in [2.05, 4.69) is 0 Å². The number of non-ortho nitro benzene ring substituents is 1. The monoisotopic (exact) mass is 380 g/mol. The number of carbonyl (C=O) groups excluding carboxylic acids is 2. The maximum atomic E-state index is 13.6. The van der Waals surface area contributed by atoms with E-state index < -0.39 is 29.2 Å². The molecule has 0 spiro atoms. The average Bonchev–Trinajstić information content (AvgIpc) is 2.61. The fourth-order valence-electron chi connectivity index (χ4n) is 2.07. The normalized spacial score (nSPS) is 10.3. The van der Waals surface area contributed by atoms with E-state index in [-0.39, 0.29) is 22.8 Å². The van der Waals surface area contributed by atoms with E-state index >= 15 is 0 Å². The molecule has 0 aliphatic rings. The van der Waals surface area contributed by atoms with E-state index in [1.807, 2.05) is 0 Å². The smallest absolute Gasteiger partial charge is 0.340 e. The quantitative estimate of drug-likeness (QED) is 0.436. The van der Waals surface area contributed by atoms with Gasteiger partial charge in [0.05, 0.1) is 15.5 Å². The molecule has 0 heterocycles. The highest BCUT2D eigenvalue weighted by Gasteiger charge is 2.18. The van der Waals surface area contributed by atoms with Gasteiger partial charge in [0.1, 0.15) is 5.82 Å². The molecule has 2 aromatic rings. The van der Waals surface area contributed by atoms with Crippen molar-refractivity contribution in [2.45, 2.75) is 6.54 Å². The standard InChI is InChI=1S/C17H14ClFN2O5/c1-20(9-11-4-2-3-5-15(11)19)16(22)10-26-17(23)13-7-6-12(21(24)25)8-14(13)18/h2-8H,9-10H2,1H3. The molecule has 0 aliphatic heterocycles. The molecule has 2 rings (SSSR count). The second-order valence-electron chi connectivity index (χ2n) is 5.34. The van der Waals surface area contributed by atoms with Crippen LogP contribution in [0.1, 0.15) is 15.9 Å². The van der Waals surface area contributed by atoms with Gasteiger partial charge in [-0.05, 0) is 12.1 Å². The zero-order chi connectivity index (χ0) is 19.3. The molecular formula is C17H14ClFN2O5. The zero-order valence-corrected chi connectivity index (χ0v) is 14.4. The van der Waals surface area contributed by atoms with Crippen LogP contribution >= 0.6 is 11.6 Å². The Morgan fingerprint density at radius 2 is 1.96 bits per heavy atom. The number of carbonyl (C=O) groups is 2. The van der Waals surface area contributed by atoms with Gasteiger partial charge in [-0.3, -0.25) is 14.9 Å². The van der Waals surface area contributed by atoms with Crippen molar-refractivity contribution in [2.24, 2.45) is 0 Å². The van der Waals surface area contributed by atoms with E-state index in [9.17, 15) is 24.1 Å². The molecule has 26 heavy (non-hydrogen) atoms. The number of esters is 1. The summed E-state index contributed by atoms with van der Waals surface area (Å²) in [4.78, 5) is 35.2. The summed E-state index contributed by atoms with van der Waals surface area (Å²) in [5.74, 6) is -1.88. The van der Waals surface area contributed by atoms with Crippen LogP contribution in [-0.4, -0.2) is 35.4 Å². The third kappa shape index (κ3) is 4.76. The third-order valence-electron chi connectivity index (χ3n) is 3.50. The molecule has 0 fully saturated rings. The van der Waals surface area contributed by atoms with Gasteiger partial charge in [-0.1, -0.05) is 29.8 Å². The lowest BCUT2D eigenvalue weighted by Gasteiger charge is -2.17. The van der Waals surface area contributed by atoms with Gasteiger partial charge in [0, 0.05) is 31.3 Å². The van der Waals surface area contributed by atoms with Gasteiger partial charge in [0.25, 0.3) is 11.6 Å². The highest BCUT2D eigenvalue weighted by Crippen LogP contribution is 2.23. The minimum atomic E-state index is -0.891. The molecule has 0 aromatic heterocycles. The lowest BCUT2D eigenvalue weighted by molar-refractivity contribution is -0.384. The predicted octanol–water partition coefficient (Wildman–Crippen LogP) is 3.20. The molecule has 0 unspecified atom stereocenters. The number of rotatable bonds is 6. The van der Waals surface area contributed by atoms with Crippen molar-refractivity contribution in [3.8, 4) is 0 Å². The summed E-state index contributed by atoms with van der Waals surface area (Å²) in [5.41, 5.74) is -0.0397. The summed E-state index contributed by atoms with van der Waals surface area (Å²) in [6, 6.07) is 9.28. The van der Waals surface area contributed by atoms with Crippen molar-refractivity contribution in [1.29, 1.82) is 0 Å². The molecule has 0 bridgehead atoms. The molecule has 0 atom stereocenters. The lowest BCUT2D eigenvalue weighted by atomic mass is 10.2. The number of nitrogens with zero attached hydrogens (tertiary/aromatic N) is 2. The molecular weight excluding hydrogens is 367 g/mol. The van der Waals surface area contributed by atoms with Gasteiger partial charge in [-0.2, -0.15) is 0 Å². The SMILES string of the molecule is CN(Cc1ccccc1F)C(=O)COC(=O)c1ccc([N+](=O)[O-])cc1Cl. The first-order chi connectivity index (χ1) is 12.3. The molecule has 1 amide bonds. The van der Waals surface area contributed by atoms with E-state index in [1.54, 1.807) is 12.1 Å². The van der Waals surface area contributed by atoms with Crippen LogP contribution in [-0.2, 0) is 16.1 Å². The van der Waals surface area contributed by atoms with Crippen LogP contribution in [0.4, 0.5) is 10.1 Å². The van der Waals surface area contributed by atoms with E-state index in [1.165, 1.54) is 24.1 Å². The van der Waals surface area contributed by atoms with E-state index in [0.29, 0.717) is 5.56 Å². The third-order valence-corrected chi connectivity index (χ3v) is 3.81. The van der Waals surface area contributed by atoms with Crippen molar-refractivity contribution >= 4 is 29.2 Å². The number of halogens is 2. The summed E-state index contributed by atoms with van der Waals surface area (Å²) >= 11 is 5.83.